The summed E-state index contributed by atoms with van der Waals surface area (Å²) in [5, 5.41) is 11.6. The standard InChI is InChI=1S/C46H31N3/c1-31-44(36-11-4-2-5-12-36)48-46(37-13-6-3-7-14-37)49-45(31)39-16-10-15-38(29-39)41-28-27-40(42-17-8-9-18-43(41)42)35-25-23-34(24-26-35)33-21-19-32(30-47)20-22-33/h2-29H,1H3. The van der Waals surface area contributed by atoms with Gasteiger partial charge in [-0.15, -0.1) is 0 Å². The molecule has 7 aromatic carbocycles. The quantitative estimate of drug-likeness (QED) is 0.185. The van der Waals surface area contributed by atoms with Crippen LogP contribution in [0.4, 0.5) is 0 Å². The van der Waals surface area contributed by atoms with E-state index in [0.717, 1.165) is 55.9 Å². The van der Waals surface area contributed by atoms with E-state index < -0.39 is 0 Å². The maximum absolute atomic E-state index is 9.16. The number of aromatic nitrogens is 2. The Kier molecular flexibility index (Phi) is 7.82. The lowest BCUT2D eigenvalue weighted by molar-refractivity contribution is 1.15. The molecule has 1 heterocycles. The zero-order valence-electron chi connectivity index (χ0n) is 27.0. The van der Waals surface area contributed by atoms with Gasteiger partial charge in [-0.3, -0.25) is 0 Å². The van der Waals surface area contributed by atoms with Crippen LogP contribution in [0, 0.1) is 18.3 Å². The predicted octanol–water partition coefficient (Wildman–Crippen LogP) is 11.8. The second kappa shape index (κ2) is 12.9. The lowest BCUT2D eigenvalue weighted by Crippen LogP contribution is -2.00. The van der Waals surface area contributed by atoms with E-state index in [9.17, 15) is 0 Å². The molecule has 0 aliphatic carbocycles. The zero-order chi connectivity index (χ0) is 33.2. The minimum Gasteiger partial charge on any atom is -0.228 e. The third-order valence-corrected chi connectivity index (χ3v) is 9.14. The van der Waals surface area contributed by atoms with Gasteiger partial charge in [-0.25, -0.2) is 9.97 Å². The molecule has 0 atom stereocenters. The summed E-state index contributed by atoms with van der Waals surface area (Å²) in [6.07, 6.45) is 0. The van der Waals surface area contributed by atoms with Crippen molar-refractivity contribution in [2.75, 3.05) is 0 Å². The van der Waals surface area contributed by atoms with Crippen LogP contribution in [0.15, 0.2) is 170 Å². The molecule has 0 spiro atoms. The van der Waals surface area contributed by atoms with Crippen LogP contribution in [0.5, 0.6) is 0 Å². The van der Waals surface area contributed by atoms with Crippen molar-refractivity contribution in [3.63, 3.8) is 0 Å². The van der Waals surface area contributed by atoms with E-state index in [1.165, 1.54) is 21.9 Å². The fraction of sp³-hybridized carbons (Fsp3) is 0.0217. The SMILES string of the molecule is Cc1c(-c2ccccc2)nc(-c2ccccc2)nc1-c1cccc(-c2ccc(-c3ccc(-c4ccc(C#N)cc4)cc3)c3ccccc23)c1. The minimum absolute atomic E-state index is 0.665. The Labute approximate surface area is 286 Å². The molecule has 49 heavy (non-hydrogen) atoms. The molecule has 0 bridgehead atoms. The molecule has 0 aliphatic heterocycles. The molecule has 0 saturated carbocycles. The molecule has 0 amide bonds. The van der Waals surface area contributed by atoms with Crippen LogP contribution in [-0.4, -0.2) is 9.97 Å². The fourth-order valence-electron chi connectivity index (χ4n) is 6.61. The minimum atomic E-state index is 0.665. The average Bonchev–Trinajstić information content (AvgIpc) is 3.18. The Morgan fingerprint density at radius 1 is 0.408 bits per heavy atom. The van der Waals surface area contributed by atoms with Crippen LogP contribution in [-0.2, 0) is 0 Å². The highest BCUT2D eigenvalue weighted by Crippen LogP contribution is 2.39. The second-order valence-corrected chi connectivity index (χ2v) is 12.2. The summed E-state index contributed by atoms with van der Waals surface area (Å²) in [5.74, 6) is 0.713. The summed E-state index contributed by atoms with van der Waals surface area (Å²) in [6, 6.07) is 61.0. The van der Waals surface area contributed by atoms with Gasteiger partial charge in [-0.05, 0) is 69.3 Å². The van der Waals surface area contributed by atoms with E-state index >= 15 is 0 Å². The van der Waals surface area contributed by atoms with Crippen molar-refractivity contribution in [2.45, 2.75) is 6.92 Å². The van der Waals surface area contributed by atoms with E-state index in [0.29, 0.717) is 11.4 Å². The predicted molar refractivity (Wildman–Crippen MR) is 202 cm³/mol. The van der Waals surface area contributed by atoms with E-state index in [4.69, 9.17) is 15.2 Å². The van der Waals surface area contributed by atoms with Gasteiger partial charge in [0.05, 0.1) is 23.0 Å². The fourth-order valence-corrected chi connectivity index (χ4v) is 6.61. The number of nitriles is 1. The third-order valence-electron chi connectivity index (χ3n) is 9.14. The highest BCUT2D eigenvalue weighted by molar-refractivity contribution is 6.05. The first-order valence-electron chi connectivity index (χ1n) is 16.4. The Balaban J connectivity index is 1.21. The van der Waals surface area contributed by atoms with Gasteiger partial charge in [0.2, 0.25) is 0 Å². The number of hydrogen-bond donors (Lipinski definition) is 0. The molecule has 0 unspecified atom stereocenters. The normalized spacial score (nSPS) is 10.9. The van der Waals surface area contributed by atoms with Crippen molar-refractivity contribution in [2.24, 2.45) is 0 Å². The smallest absolute Gasteiger partial charge is 0.160 e. The Hall–Kier alpha value is -6.63. The first-order valence-corrected chi connectivity index (χ1v) is 16.4. The van der Waals surface area contributed by atoms with Crippen molar-refractivity contribution in [1.29, 1.82) is 5.26 Å². The van der Waals surface area contributed by atoms with E-state index in [-0.39, 0.29) is 0 Å². The van der Waals surface area contributed by atoms with Gasteiger partial charge in [0.15, 0.2) is 5.82 Å². The van der Waals surface area contributed by atoms with E-state index in [1.54, 1.807) is 0 Å². The van der Waals surface area contributed by atoms with Gasteiger partial charge in [0, 0.05) is 22.3 Å². The summed E-state index contributed by atoms with van der Waals surface area (Å²) in [4.78, 5) is 10.2. The highest BCUT2D eigenvalue weighted by Gasteiger charge is 2.17. The number of nitrogens with zero attached hydrogens (tertiary/aromatic N) is 3. The molecule has 8 rings (SSSR count). The molecular formula is C46H31N3. The largest absolute Gasteiger partial charge is 0.228 e. The van der Waals surface area contributed by atoms with Crippen LogP contribution in [0.1, 0.15) is 11.1 Å². The van der Waals surface area contributed by atoms with Crippen LogP contribution in [0.3, 0.4) is 0 Å². The summed E-state index contributed by atoms with van der Waals surface area (Å²) in [5.41, 5.74) is 13.6. The highest BCUT2D eigenvalue weighted by atomic mass is 14.9. The van der Waals surface area contributed by atoms with Gasteiger partial charge >= 0.3 is 0 Å². The van der Waals surface area contributed by atoms with E-state index in [2.05, 4.69) is 134 Å². The van der Waals surface area contributed by atoms with Crippen molar-refractivity contribution in [3.8, 4) is 73.4 Å². The summed E-state index contributed by atoms with van der Waals surface area (Å²) >= 11 is 0. The molecule has 0 aliphatic rings. The average molecular weight is 626 g/mol. The van der Waals surface area contributed by atoms with Gasteiger partial charge < -0.3 is 0 Å². The lowest BCUT2D eigenvalue weighted by Gasteiger charge is -2.16. The van der Waals surface area contributed by atoms with Gasteiger partial charge in [0.25, 0.3) is 0 Å². The number of rotatable bonds is 6. The second-order valence-electron chi connectivity index (χ2n) is 12.2. The lowest BCUT2D eigenvalue weighted by atomic mass is 9.90. The molecule has 8 aromatic rings. The maximum atomic E-state index is 9.16. The number of fused-ring (bicyclic) bond motifs is 1. The van der Waals surface area contributed by atoms with Crippen LogP contribution in [0.25, 0.3) is 78.1 Å². The Morgan fingerprint density at radius 2 is 0.878 bits per heavy atom. The number of benzene rings is 7. The van der Waals surface area contributed by atoms with Crippen molar-refractivity contribution < 1.29 is 0 Å². The van der Waals surface area contributed by atoms with Crippen LogP contribution in [0.2, 0.25) is 0 Å². The topological polar surface area (TPSA) is 49.6 Å². The molecule has 0 N–H and O–H groups in total. The molecule has 0 saturated heterocycles. The van der Waals surface area contributed by atoms with Crippen LogP contribution >= 0.6 is 0 Å². The monoisotopic (exact) mass is 625 g/mol. The molecule has 1 aromatic heterocycles. The number of hydrogen-bond acceptors (Lipinski definition) is 3. The first kappa shape index (κ1) is 29.8. The molecular weight excluding hydrogens is 595 g/mol. The summed E-state index contributed by atoms with van der Waals surface area (Å²) in [6.45, 7) is 2.12. The third kappa shape index (κ3) is 5.78. The van der Waals surface area contributed by atoms with Crippen molar-refractivity contribution in [1.82, 2.24) is 9.97 Å². The molecule has 0 fully saturated rings. The summed E-state index contributed by atoms with van der Waals surface area (Å²) < 4.78 is 0. The molecule has 3 heteroatoms. The van der Waals surface area contributed by atoms with Crippen molar-refractivity contribution >= 4 is 10.8 Å². The Morgan fingerprint density at radius 3 is 1.49 bits per heavy atom. The molecule has 230 valence electrons. The first-order chi connectivity index (χ1) is 24.2. The maximum Gasteiger partial charge on any atom is 0.160 e. The van der Waals surface area contributed by atoms with Crippen molar-refractivity contribution in [3.05, 3.63) is 181 Å². The van der Waals surface area contributed by atoms with E-state index in [1.807, 2.05) is 48.5 Å². The van der Waals surface area contributed by atoms with Crippen LogP contribution < -0.4 is 0 Å². The van der Waals surface area contributed by atoms with Gasteiger partial charge in [-0.1, -0.05) is 152 Å². The molecule has 3 nitrogen and oxygen atoms in total. The zero-order valence-corrected chi connectivity index (χ0v) is 27.0. The van der Waals surface area contributed by atoms with Gasteiger partial charge in [-0.2, -0.15) is 5.26 Å². The summed E-state index contributed by atoms with van der Waals surface area (Å²) in [7, 11) is 0. The Bertz CT molecular complexity index is 2480. The van der Waals surface area contributed by atoms with Gasteiger partial charge in [0.1, 0.15) is 0 Å². The molecule has 0 radical (unpaired) electrons.